The zero-order valence-corrected chi connectivity index (χ0v) is 20.2. The summed E-state index contributed by atoms with van der Waals surface area (Å²) in [6.07, 6.45) is 5.85. The van der Waals surface area contributed by atoms with Crippen LogP contribution in [0.3, 0.4) is 0 Å². The van der Waals surface area contributed by atoms with Crippen molar-refractivity contribution < 1.29 is 28.2 Å². The van der Waals surface area contributed by atoms with Crippen LogP contribution in [0, 0.1) is 5.82 Å². The Hall–Kier alpha value is -3.20. The molecule has 1 aliphatic carbocycles. The Bertz CT molecular complexity index is 1160. The van der Waals surface area contributed by atoms with Gasteiger partial charge in [0.1, 0.15) is 18.0 Å². The van der Waals surface area contributed by atoms with Crippen LogP contribution >= 0.6 is 15.9 Å². The molecule has 2 fully saturated rings. The number of carbonyl (C=O) groups excluding carboxylic acids is 3. The van der Waals surface area contributed by atoms with Crippen LogP contribution in [-0.2, 0) is 16.2 Å². The van der Waals surface area contributed by atoms with Crippen LogP contribution in [0.1, 0.15) is 43.2 Å². The van der Waals surface area contributed by atoms with Crippen molar-refractivity contribution in [1.82, 2.24) is 10.2 Å². The fraction of sp³-hybridized carbons (Fsp3) is 0.320. The smallest absolute Gasteiger partial charge is 0.331 e. The molecular weight excluding hydrogens is 507 g/mol. The summed E-state index contributed by atoms with van der Waals surface area (Å²) in [5.41, 5.74) is 1.04. The number of hydrogen-bond acceptors (Lipinski definition) is 5. The van der Waals surface area contributed by atoms with Crippen LogP contribution in [0.15, 0.2) is 46.4 Å². The molecule has 178 valence electrons. The summed E-state index contributed by atoms with van der Waals surface area (Å²) in [7, 11) is 1.47. The fourth-order valence-electron chi connectivity index (χ4n) is 4.22. The lowest BCUT2D eigenvalue weighted by atomic mass is 9.93. The number of barbiturate groups is 1. The van der Waals surface area contributed by atoms with E-state index in [1.807, 2.05) is 0 Å². The molecule has 0 unspecified atom stereocenters. The highest BCUT2D eigenvalue weighted by Crippen LogP contribution is 2.36. The van der Waals surface area contributed by atoms with E-state index < -0.39 is 17.8 Å². The second kappa shape index (κ2) is 10.4. The molecule has 0 spiro atoms. The highest BCUT2D eigenvalue weighted by Gasteiger charge is 2.40. The van der Waals surface area contributed by atoms with Gasteiger partial charge in [0, 0.05) is 10.5 Å². The molecular formula is C25H24BrFN2O5. The predicted molar refractivity (Wildman–Crippen MR) is 127 cm³/mol. The summed E-state index contributed by atoms with van der Waals surface area (Å²) >= 11 is 3.45. The van der Waals surface area contributed by atoms with Crippen molar-refractivity contribution in [3.8, 4) is 11.5 Å². The number of hydrogen-bond donors (Lipinski definition) is 1. The minimum absolute atomic E-state index is 0.124. The fourth-order valence-corrected chi connectivity index (χ4v) is 4.66. The summed E-state index contributed by atoms with van der Waals surface area (Å²) in [6, 6.07) is 8.48. The largest absolute Gasteiger partial charge is 0.493 e. The summed E-state index contributed by atoms with van der Waals surface area (Å²) in [5, 5.41) is 2.29. The molecule has 1 saturated carbocycles. The third-order valence-electron chi connectivity index (χ3n) is 5.94. The molecule has 1 saturated heterocycles. The molecule has 4 rings (SSSR count). The lowest BCUT2D eigenvalue weighted by molar-refractivity contribution is -0.132. The minimum Gasteiger partial charge on any atom is -0.493 e. The zero-order chi connectivity index (χ0) is 24.2. The Morgan fingerprint density at radius 1 is 1.12 bits per heavy atom. The molecule has 0 radical (unpaired) electrons. The maximum absolute atomic E-state index is 13.4. The number of carbonyl (C=O) groups is 3. The number of methoxy groups -OCH3 is 1. The highest BCUT2D eigenvalue weighted by molar-refractivity contribution is 9.10. The third kappa shape index (κ3) is 5.14. The van der Waals surface area contributed by atoms with E-state index in [0.717, 1.165) is 32.1 Å². The van der Waals surface area contributed by atoms with Crippen LogP contribution in [0.5, 0.6) is 11.5 Å². The molecule has 1 N–H and O–H groups in total. The number of benzene rings is 2. The maximum Gasteiger partial charge on any atom is 0.331 e. The number of halogens is 2. The van der Waals surface area contributed by atoms with Gasteiger partial charge in [-0.3, -0.25) is 19.8 Å². The lowest BCUT2D eigenvalue weighted by Crippen LogP contribution is -2.58. The molecule has 0 aromatic heterocycles. The van der Waals surface area contributed by atoms with Crippen LogP contribution in [0.2, 0.25) is 0 Å². The van der Waals surface area contributed by atoms with Gasteiger partial charge in [0.05, 0.1) is 7.11 Å². The van der Waals surface area contributed by atoms with Gasteiger partial charge in [-0.05, 0) is 54.3 Å². The summed E-state index contributed by atoms with van der Waals surface area (Å²) < 4.78 is 25.2. The number of nitrogens with zero attached hydrogens (tertiary/aromatic N) is 1. The van der Waals surface area contributed by atoms with E-state index in [0.29, 0.717) is 27.1 Å². The quantitative estimate of drug-likeness (QED) is 0.421. The number of rotatable bonds is 6. The maximum atomic E-state index is 13.4. The monoisotopic (exact) mass is 530 g/mol. The first-order chi connectivity index (χ1) is 16.4. The molecule has 34 heavy (non-hydrogen) atoms. The van der Waals surface area contributed by atoms with Gasteiger partial charge in [-0.25, -0.2) is 9.18 Å². The molecule has 2 aromatic carbocycles. The lowest BCUT2D eigenvalue weighted by Gasteiger charge is -2.35. The number of urea groups is 1. The van der Waals surface area contributed by atoms with Crippen LogP contribution in [0.4, 0.5) is 9.18 Å². The third-order valence-corrected chi connectivity index (χ3v) is 6.63. The van der Waals surface area contributed by atoms with E-state index in [1.54, 1.807) is 24.3 Å². The molecule has 4 amide bonds. The molecule has 1 heterocycles. The van der Waals surface area contributed by atoms with E-state index in [2.05, 4.69) is 21.2 Å². The first-order valence-corrected chi connectivity index (χ1v) is 11.8. The van der Waals surface area contributed by atoms with Gasteiger partial charge in [-0.2, -0.15) is 0 Å². The average molecular weight is 531 g/mol. The van der Waals surface area contributed by atoms with Gasteiger partial charge in [-0.1, -0.05) is 47.3 Å². The van der Waals surface area contributed by atoms with Gasteiger partial charge in [0.25, 0.3) is 11.8 Å². The topological polar surface area (TPSA) is 84.9 Å². The molecule has 1 aliphatic heterocycles. The second-order valence-corrected chi connectivity index (χ2v) is 9.08. The van der Waals surface area contributed by atoms with E-state index in [4.69, 9.17) is 9.47 Å². The van der Waals surface area contributed by atoms with E-state index in [9.17, 15) is 18.8 Å². The number of nitrogens with one attached hydrogen (secondary N) is 1. The SMILES string of the molecule is COc1cc(C=C2C(=O)NC(=O)N(C3CCCCC3)C2=O)c(Br)cc1OCc1cccc(F)c1. The van der Waals surface area contributed by atoms with E-state index in [1.165, 1.54) is 30.2 Å². The summed E-state index contributed by atoms with van der Waals surface area (Å²) in [5.74, 6) is -0.917. The van der Waals surface area contributed by atoms with Gasteiger partial charge in [0.15, 0.2) is 11.5 Å². The number of imide groups is 2. The van der Waals surface area contributed by atoms with Crippen LogP contribution in [-0.4, -0.2) is 35.9 Å². The Kier molecular flexibility index (Phi) is 7.31. The van der Waals surface area contributed by atoms with Crippen molar-refractivity contribution in [3.05, 3.63) is 63.4 Å². The zero-order valence-electron chi connectivity index (χ0n) is 18.6. The summed E-state index contributed by atoms with van der Waals surface area (Å²) in [6.45, 7) is 0.125. The van der Waals surface area contributed by atoms with E-state index in [-0.39, 0.29) is 24.0 Å². The Balaban J connectivity index is 1.60. The van der Waals surface area contributed by atoms with Gasteiger partial charge in [-0.15, -0.1) is 0 Å². The average Bonchev–Trinajstić information content (AvgIpc) is 2.82. The van der Waals surface area contributed by atoms with Crippen molar-refractivity contribution in [2.75, 3.05) is 7.11 Å². The van der Waals surface area contributed by atoms with Crippen molar-refractivity contribution >= 4 is 39.9 Å². The Morgan fingerprint density at radius 2 is 1.88 bits per heavy atom. The first kappa shape index (κ1) is 23.9. The van der Waals surface area contributed by atoms with Gasteiger partial charge in [0.2, 0.25) is 0 Å². The van der Waals surface area contributed by atoms with Crippen molar-refractivity contribution in [2.24, 2.45) is 0 Å². The minimum atomic E-state index is -0.737. The van der Waals surface area contributed by atoms with E-state index >= 15 is 0 Å². The van der Waals surface area contributed by atoms with Crippen molar-refractivity contribution in [2.45, 2.75) is 44.8 Å². The number of amides is 4. The normalized spacial score (nSPS) is 18.3. The molecule has 0 bridgehead atoms. The van der Waals surface area contributed by atoms with Gasteiger partial charge >= 0.3 is 6.03 Å². The second-order valence-electron chi connectivity index (χ2n) is 8.23. The Labute approximate surface area is 205 Å². The van der Waals surface area contributed by atoms with Crippen molar-refractivity contribution in [1.29, 1.82) is 0 Å². The first-order valence-electron chi connectivity index (χ1n) is 11.0. The highest BCUT2D eigenvalue weighted by atomic mass is 79.9. The van der Waals surface area contributed by atoms with Crippen LogP contribution in [0.25, 0.3) is 6.08 Å². The predicted octanol–water partition coefficient (Wildman–Crippen LogP) is 4.97. The van der Waals surface area contributed by atoms with Gasteiger partial charge < -0.3 is 9.47 Å². The molecule has 2 aliphatic rings. The summed E-state index contributed by atoms with van der Waals surface area (Å²) in [4.78, 5) is 39.2. The molecule has 9 heteroatoms. The Morgan fingerprint density at radius 3 is 2.59 bits per heavy atom. The van der Waals surface area contributed by atoms with Crippen LogP contribution < -0.4 is 14.8 Å². The van der Waals surface area contributed by atoms with Crippen molar-refractivity contribution in [3.63, 3.8) is 0 Å². The molecule has 0 atom stereocenters. The molecule has 2 aromatic rings. The molecule has 7 nitrogen and oxygen atoms in total. The standard InChI is InChI=1S/C25H24BrFN2O5/c1-33-21-12-16(20(26)13-22(21)34-14-15-6-5-7-17(27)10-15)11-19-23(30)28-25(32)29(24(19)31)18-8-3-2-4-9-18/h5-7,10-13,18H,2-4,8-9,14H2,1H3,(H,28,30,32). The number of ether oxygens (including phenoxy) is 2.